The van der Waals surface area contributed by atoms with Crippen LogP contribution >= 0.6 is 11.8 Å². The van der Waals surface area contributed by atoms with Crippen molar-refractivity contribution in [1.82, 2.24) is 4.90 Å². The van der Waals surface area contributed by atoms with Crippen LogP contribution in [0.25, 0.3) is 0 Å². The number of rotatable bonds is 12. The number of aliphatic hydroxyl groups is 1. The SMILES string of the molecule is O=C(O)CCCSCCN1C(=O)CC[C@@H]1/C=C/[C@@H](O)Cc1cccc([N+](=O)[O-])c1. The largest absolute Gasteiger partial charge is 0.481 e. The minimum Gasteiger partial charge on any atom is -0.481 e. The Labute approximate surface area is 173 Å². The molecule has 2 atom stereocenters. The number of non-ortho nitro benzene ring substituents is 1. The van der Waals surface area contributed by atoms with Crippen LogP contribution in [0.4, 0.5) is 5.69 Å². The first-order chi connectivity index (χ1) is 13.9. The van der Waals surface area contributed by atoms with Crippen LogP contribution in [-0.4, -0.2) is 62.1 Å². The Balaban J connectivity index is 1.81. The maximum atomic E-state index is 12.1. The number of carboxylic acid groups (broad SMARTS) is 1. The van der Waals surface area contributed by atoms with E-state index in [-0.39, 0.29) is 30.5 Å². The van der Waals surface area contributed by atoms with Crippen LogP contribution < -0.4 is 0 Å². The number of nitro benzene ring substituents is 1. The van der Waals surface area contributed by atoms with Crippen LogP contribution in [-0.2, 0) is 16.0 Å². The van der Waals surface area contributed by atoms with Crippen molar-refractivity contribution in [3.8, 4) is 0 Å². The number of likely N-dealkylation sites (tertiary alicyclic amines) is 1. The molecular weight excluding hydrogens is 396 g/mol. The molecule has 1 heterocycles. The first-order valence-electron chi connectivity index (χ1n) is 9.55. The van der Waals surface area contributed by atoms with Gasteiger partial charge in [-0.05, 0) is 24.2 Å². The van der Waals surface area contributed by atoms with E-state index in [2.05, 4.69) is 0 Å². The molecule has 0 radical (unpaired) electrons. The van der Waals surface area contributed by atoms with Crippen molar-refractivity contribution in [2.75, 3.05) is 18.1 Å². The topological polar surface area (TPSA) is 121 Å². The molecule has 0 aliphatic carbocycles. The van der Waals surface area contributed by atoms with Gasteiger partial charge in [-0.3, -0.25) is 19.7 Å². The monoisotopic (exact) mass is 422 g/mol. The van der Waals surface area contributed by atoms with Crippen molar-refractivity contribution in [2.24, 2.45) is 0 Å². The van der Waals surface area contributed by atoms with Crippen molar-refractivity contribution in [3.05, 3.63) is 52.1 Å². The zero-order valence-corrected chi connectivity index (χ0v) is 16.9. The lowest BCUT2D eigenvalue weighted by molar-refractivity contribution is -0.384. The number of hydrogen-bond donors (Lipinski definition) is 2. The second-order valence-electron chi connectivity index (χ2n) is 6.89. The molecule has 1 fully saturated rings. The van der Waals surface area contributed by atoms with Crippen LogP contribution in [0.3, 0.4) is 0 Å². The van der Waals surface area contributed by atoms with Crippen molar-refractivity contribution in [2.45, 2.75) is 44.2 Å². The van der Waals surface area contributed by atoms with Gasteiger partial charge in [0.2, 0.25) is 5.91 Å². The molecule has 0 saturated carbocycles. The van der Waals surface area contributed by atoms with Crippen LogP contribution in [0.15, 0.2) is 36.4 Å². The van der Waals surface area contributed by atoms with E-state index in [9.17, 15) is 24.8 Å². The summed E-state index contributed by atoms with van der Waals surface area (Å²) in [7, 11) is 0. The predicted octanol–water partition coefficient (Wildman–Crippen LogP) is 2.64. The second-order valence-corrected chi connectivity index (χ2v) is 8.11. The van der Waals surface area contributed by atoms with Crippen molar-refractivity contribution in [3.63, 3.8) is 0 Å². The van der Waals surface area contributed by atoms with Gasteiger partial charge in [-0.1, -0.05) is 24.3 Å². The molecule has 1 amide bonds. The quantitative estimate of drug-likeness (QED) is 0.230. The number of amides is 1. The summed E-state index contributed by atoms with van der Waals surface area (Å²) in [5.74, 6) is 0.774. The number of benzene rings is 1. The molecule has 158 valence electrons. The fraction of sp³-hybridized carbons (Fsp3) is 0.500. The average Bonchev–Trinajstić information content (AvgIpc) is 3.02. The number of nitrogens with zero attached hydrogens (tertiary/aromatic N) is 2. The number of carboxylic acids is 1. The molecule has 0 bridgehead atoms. The van der Waals surface area contributed by atoms with E-state index in [4.69, 9.17) is 5.11 Å². The Morgan fingerprint density at radius 1 is 1.41 bits per heavy atom. The van der Waals surface area contributed by atoms with Crippen LogP contribution in [0.1, 0.15) is 31.2 Å². The zero-order valence-electron chi connectivity index (χ0n) is 16.1. The summed E-state index contributed by atoms with van der Waals surface area (Å²) in [6.07, 6.45) is 4.89. The lowest BCUT2D eigenvalue weighted by atomic mass is 10.1. The lowest BCUT2D eigenvalue weighted by Crippen LogP contribution is -2.34. The molecule has 8 nitrogen and oxygen atoms in total. The highest BCUT2D eigenvalue weighted by Crippen LogP contribution is 2.21. The van der Waals surface area contributed by atoms with Crippen LogP contribution in [0.5, 0.6) is 0 Å². The Bertz CT molecular complexity index is 754. The molecule has 1 aromatic carbocycles. The summed E-state index contributed by atoms with van der Waals surface area (Å²) < 4.78 is 0. The van der Waals surface area contributed by atoms with Gasteiger partial charge >= 0.3 is 5.97 Å². The molecule has 9 heteroatoms. The lowest BCUT2D eigenvalue weighted by Gasteiger charge is -2.22. The molecule has 29 heavy (non-hydrogen) atoms. The van der Waals surface area contributed by atoms with Crippen molar-refractivity contribution < 1.29 is 24.7 Å². The number of aliphatic hydroxyl groups excluding tert-OH is 1. The summed E-state index contributed by atoms with van der Waals surface area (Å²) >= 11 is 1.63. The number of carbonyl (C=O) groups is 2. The number of aliphatic carboxylic acids is 1. The molecule has 0 unspecified atom stereocenters. The number of thioether (sulfide) groups is 1. The Hall–Kier alpha value is -2.39. The fourth-order valence-corrected chi connectivity index (χ4v) is 4.08. The number of carbonyl (C=O) groups excluding carboxylic acids is 1. The Morgan fingerprint density at radius 2 is 2.21 bits per heavy atom. The van der Waals surface area contributed by atoms with Gasteiger partial charge in [-0.15, -0.1) is 0 Å². The summed E-state index contributed by atoms with van der Waals surface area (Å²) in [5, 5.41) is 29.7. The smallest absolute Gasteiger partial charge is 0.303 e. The molecule has 1 aliphatic heterocycles. The first-order valence-corrected chi connectivity index (χ1v) is 10.7. The van der Waals surface area contributed by atoms with Gasteiger partial charge in [0.15, 0.2) is 0 Å². The molecular formula is C20H26N2O6S. The molecule has 2 rings (SSSR count). The summed E-state index contributed by atoms with van der Waals surface area (Å²) in [5.41, 5.74) is 0.667. The maximum Gasteiger partial charge on any atom is 0.303 e. The van der Waals surface area contributed by atoms with E-state index in [0.717, 1.165) is 11.5 Å². The normalized spacial score (nSPS) is 17.8. The Kier molecular flexibility index (Phi) is 9.14. The van der Waals surface area contributed by atoms with Gasteiger partial charge in [-0.25, -0.2) is 0 Å². The third-order valence-corrected chi connectivity index (χ3v) is 5.70. The zero-order chi connectivity index (χ0) is 21.2. The average molecular weight is 423 g/mol. The summed E-state index contributed by atoms with van der Waals surface area (Å²) in [6.45, 7) is 0.590. The van der Waals surface area contributed by atoms with Crippen molar-refractivity contribution >= 4 is 29.3 Å². The highest BCUT2D eigenvalue weighted by atomic mass is 32.2. The van der Waals surface area contributed by atoms with Gasteiger partial charge in [0.25, 0.3) is 5.69 Å². The summed E-state index contributed by atoms with van der Waals surface area (Å²) in [6, 6.07) is 6.12. The molecule has 0 aromatic heterocycles. The third kappa shape index (κ3) is 7.86. The third-order valence-electron chi connectivity index (χ3n) is 4.65. The van der Waals surface area contributed by atoms with E-state index < -0.39 is 17.0 Å². The molecule has 1 aromatic rings. The number of hydrogen-bond acceptors (Lipinski definition) is 6. The van der Waals surface area contributed by atoms with E-state index >= 15 is 0 Å². The predicted molar refractivity (Wildman–Crippen MR) is 111 cm³/mol. The van der Waals surface area contributed by atoms with Crippen molar-refractivity contribution in [1.29, 1.82) is 0 Å². The van der Waals surface area contributed by atoms with Gasteiger partial charge in [0.05, 0.1) is 17.1 Å². The highest BCUT2D eigenvalue weighted by Gasteiger charge is 2.28. The first kappa shape index (κ1) is 22.9. The molecule has 1 aliphatic rings. The van der Waals surface area contributed by atoms with E-state index in [1.807, 2.05) is 6.08 Å². The van der Waals surface area contributed by atoms with E-state index in [1.165, 1.54) is 12.1 Å². The minimum atomic E-state index is -0.797. The molecule has 2 N–H and O–H groups in total. The van der Waals surface area contributed by atoms with E-state index in [1.54, 1.807) is 34.9 Å². The maximum absolute atomic E-state index is 12.1. The van der Waals surface area contributed by atoms with Crippen LogP contribution in [0, 0.1) is 10.1 Å². The highest BCUT2D eigenvalue weighted by molar-refractivity contribution is 7.99. The van der Waals surface area contributed by atoms with Gasteiger partial charge < -0.3 is 15.1 Å². The standard InChI is InChI=1S/C20H26N2O6S/c23-18(14-15-3-1-4-17(13-15)22(27)28)8-6-16-7-9-19(24)21(16)10-12-29-11-2-5-20(25)26/h1,3-4,6,8,13,16,18,23H,2,5,7,9-12,14H2,(H,25,26)/b8-6+/t16-,18+/m0/s1. The fourth-order valence-electron chi connectivity index (χ4n) is 3.20. The van der Waals surface area contributed by atoms with Gasteiger partial charge in [0.1, 0.15) is 0 Å². The summed E-state index contributed by atoms with van der Waals surface area (Å²) in [4.78, 5) is 34.8. The van der Waals surface area contributed by atoms with E-state index in [0.29, 0.717) is 31.4 Å². The second kappa shape index (κ2) is 11.6. The number of nitro groups is 1. The van der Waals surface area contributed by atoms with Gasteiger partial charge in [0, 0.05) is 43.7 Å². The minimum absolute atomic E-state index is 0.00732. The van der Waals surface area contributed by atoms with Gasteiger partial charge in [-0.2, -0.15) is 11.8 Å². The molecule has 1 saturated heterocycles. The van der Waals surface area contributed by atoms with Crippen LogP contribution in [0.2, 0.25) is 0 Å². The Morgan fingerprint density at radius 3 is 2.93 bits per heavy atom. The molecule has 0 spiro atoms.